The summed E-state index contributed by atoms with van der Waals surface area (Å²) in [5.41, 5.74) is 0.806. The van der Waals surface area contributed by atoms with Gasteiger partial charge in [0.1, 0.15) is 0 Å². The number of amides is 1. The molecule has 0 unspecified atom stereocenters. The zero-order chi connectivity index (χ0) is 14.3. The van der Waals surface area contributed by atoms with Gasteiger partial charge in [-0.25, -0.2) is 0 Å². The van der Waals surface area contributed by atoms with Gasteiger partial charge in [-0.3, -0.25) is 4.79 Å². The summed E-state index contributed by atoms with van der Waals surface area (Å²) >= 11 is 1.63. The van der Waals surface area contributed by atoms with Crippen molar-refractivity contribution in [3.05, 3.63) is 21.9 Å². The number of thiophene rings is 1. The molecule has 1 aromatic heterocycles. The van der Waals surface area contributed by atoms with Crippen molar-refractivity contribution >= 4 is 17.2 Å². The number of nitrogens with one attached hydrogen (secondary N) is 1. The summed E-state index contributed by atoms with van der Waals surface area (Å²) in [5.74, 6) is 0.725. The van der Waals surface area contributed by atoms with Crippen molar-refractivity contribution in [2.45, 2.75) is 33.6 Å². The summed E-state index contributed by atoms with van der Waals surface area (Å²) in [4.78, 5) is 15.4. The number of carbonyl (C=O) groups excluding carboxylic acids is 1. The van der Waals surface area contributed by atoms with E-state index in [1.165, 1.54) is 17.7 Å². The lowest BCUT2D eigenvalue weighted by Crippen LogP contribution is -2.36. The van der Waals surface area contributed by atoms with Crippen LogP contribution < -0.4 is 5.32 Å². The van der Waals surface area contributed by atoms with Crippen LogP contribution in [0.25, 0.3) is 0 Å². The highest BCUT2D eigenvalue weighted by Crippen LogP contribution is 2.16. The molecule has 1 aromatic rings. The third-order valence-corrected chi connectivity index (χ3v) is 4.24. The molecule has 1 aliphatic rings. The van der Waals surface area contributed by atoms with Crippen molar-refractivity contribution < 1.29 is 4.79 Å². The van der Waals surface area contributed by atoms with Crippen LogP contribution in [0.2, 0.25) is 0 Å². The monoisotopic (exact) mass is 282 g/mol. The lowest BCUT2D eigenvalue weighted by molar-refractivity contribution is 0.0939. The van der Waals surface area contributed by atoms with Crippen molar-refractivity contribution in [3.63, 3.8) is 0 Å². The molecule has 0 aliphatic carbocycles. The van der Waals surface area contributed by atoms with Gasteiger partial charge in [-0.1, -0.05) is 13.8 Å². The molecule has 0 atom stereocenters. The molecule has 3 nitrogen and oxygen atoms in total. The molecule has 1 N–H and O–H groups in total. The molecule has 0 saturated carbocycles. The number of aryl methyl sites for hydroxylation is 1. The Hall–Kier alpha value is -0.870. The maximum absolute atomic E-state index is 11.9. The van der Waals surface area contributed by atoms with Crippen LogP contribution in [0.4, 0.5) is 0 Å². The van der Waals surface area contributed by atoms with Crippen LogP contribution in [0.5, 0.6) is 0 Å². The summed E-state index contributed by atoms with van der Waals surface area (Å²) in [6.07, 6.45) is 2.39. The van der Waals surface area contributed by atoms with Crippen LogP contribution in [0.1, 0.15) is 41.9 Å². The van der Waals surface area contributed by atoms with Gasteiger partial charge < -0.3 is 10.2 Å². The number of hydrogen-bond donors (Lipinski definition) is 1. The summed E-state index contributed by atoms with van der Waals surface area (Å²) in [6.45, 7) is 9.15. The van der Waals surface area contributed by atoms with Crippen LogP contribution in [-0.2, 0) is 0 Å². The highest BCUT2D eigenvalue weighted by molar-refractivity contribution is 7.10. The SMILES string of the molecule is CC.Cc1cc(C(=O)NCC2CCN(C)CC2)cs1. The minimum atomic E-state index is 0.0771. The maximum atomic E-state index is 11.9. The van der Waals surface area contributed by atoms with E-state index in [0.29, 0.717) is 5.92 Å². The molecule has 0 radical (unpaired) electrons. The van der Waals surface area contributed by atoms with Crippen LogP contribution in [0, 0.1) is 12.8 Å². The summed E-state index contributed by atoms with van der Waals surface area (Å²) in [5, 5.41) is 4.98. The second kappa shape index (κ2) is 8.33. The Morgan fingerprint density at radius 2 is 2.05 bits per heavy atom. The van der Waals surface area contributed by atoms with E-state index < -0.39 is 0 Å². The Morgan fingerprint density at radius 1 is 1.42 bits per heavy atom. The third-order valence-electron chi connectivity index (χ3n) is 3.38. The number of carbonyl (C=O) groups is 1. The smallest absolute Gasteiger partial charge is 0.252 e. The molecule has 1 aliphatic heterocycles. The topological polar surface area (TPSA) is 32.3 Å². The zero-order valence-electron chi connectivity index (χ0n) is 12.5. The van der Waals surface area contributed by atoms with E-state index in [1.54, 1.807) is 11.3 Å². The van der Waals surface area contributed by atoms with E-state index in [-0.39, 0.29) is 5.91 Å². The first kappa shape index (κ1) is 16.2. The van der Waals surface area contributed by atoms with Crippen LogP contribution >= 0.6 is 11.3 Å². The van der Waals surface area contributed by atoms with Crippen molar-refractivity contribution in [2.75, 3.05) is 26.7 Å². The van der Waals surface area contributed by atoms with E-state index >= 15 is 0 Å². The summed E-state index contributed by atoms with van der Waals surface area (Å²) in [6, 6.07) is 1.95. The molecule has 1 amide bonds. The van der Waals surface area contributed by atoms with Crippen molar-refractivity contribution in [2.24, 2.45) is 5.92 Å². The van der Waals surface area contributed by atoms with Gasteiger partial charge in [-0.15, -0.1) is 11.3 Å². The van der Waals surface area contributed by atoms with Gasteiger partial charge in [0.15, 0.2) is 0 Å². The van der Waals surface area contributed by atoms with Gasteiger partial charge in [0.05, 0.1) is 5.56 Å². The van der Waals surface area contributed by atoms with Gasteiger partial charge >= 0.3 is 0 Å². The van der Waals surface area contributed by atoms with Gasteiger partial charge in [0.25, 0.3) is 5.91 Å². The molecular formula is C15H26N2OS. The van der Waals surface area contributed by atoms with Crippen LogP contribution in [0.15, 0.2) is 11.4 Å². The zero-order valence-corrected chi connectivity index (χ0v) is 13.3. The fourth-order valence-corrected chi connectivity index (χ4v) is 2.85. The molecule has 108 valence electrons. The molecule has 1 saturated heterocycles. The number of piperidine rings is 1. The van der Waals surface area contributed by atoms with Gasteiger partial charge in [0, 0.05) is 16.8 Å². The average Bonchev–Trinajstić information content (AvgIpc) is 2.87. The van der Waals surface area contributed by atoms with Crippen molar-refractivity contribution in [1.29, 1.82) is 0 Å². The number of nitrogens with zero attached hydrogens (tertiary/aromatic N) is 1. The summed E-state index contributed by atoms with van der Waals surface area (Å²) < 4.78 is 0. The van der Waals surface area contributed by atoms with E-state index in [1.807, 2.05) is 32.2 Å². The Balaban J connectivity index is 0.000000861. The average molecular weight is 282 g/mol. The van der Waals surface area contributed by atoms with Gasteiger partial charge in [0.2, 0.25) is 0 Å². The molecule has 0 aromatic carbocycles. The van der Waals surface area contributed by atoms with E-state index in [0.717, 1.165) is 25.2 Å². The second-order valence-electron chi connectivity index (χ2n) is 4.90. The van der Waals surface area contributed by atoms with Crippen molar-refractivity contribution in [3.8, 4) is 0 Å². The molecule has 4 heteroatoms. The highest BCUT2D eigenvalue weighted by Gasteiger charge is 2.17. The Labute approximate surface area is 121 Å². The fourth-order valence-electron chi connectivity index (χ4n) is 2.17. The molecule has 2 rings (SSSR count). The van der Waals surface area contributed by atoms with E-state index in [4.69, 9.17) is 0 Å². The Bertz CT molecular complexity index is 381. The van der Waals surface area contributed by atoms with Crippen LogP contribution in [0.3, 0.4) is 0 Å². The number of hydrogen-bond acceptors (Lipinski definition) is 3. The first-order chi connectivity index (χ1) is 9.15. The quantitative estimate of drug-likeness (QED) is 0.923. The predicted molar refractivity (Wildman–Crippen MR) is 83.0 cm³/mol. The Kier molecular flexibility index (Phi) is 7.10. The highest BCUT2D eigenvalue weighted by atomic mass is 32.1. The van der Waals surface area contributed by atoms with E-state index in [2.05, 4.69) is 17.3 Å². The lowest BCUT2D eigenvalue weighted by Gasteiger charge is -2.28. The first-order valence-corrected chi connectivity index (χ1v) is 8.05. The predicted octanol–water partition coefficient (Wildman–Crippen LogP) is 3.15. The maximum Gasteiger partial charge on any atom is 0.252 e. The third kappa shape index (κ3) is 5.33. The number of likely N-dealkylation sites (tertiary alicyclic amines) is 1. The minimum absolute atomic E-state index is 0.0771. The fraction of sp³-hybridized carbons (Fsp3) is 0.667. The molecule has 0 spiro atoms. The molecular weight excluding hydrogens is 256 g/mol. The van der Waals surface area contributed by atoms with Crippen molar-refractivity contribution in [1.82, 2.24) is 10.2 Å². The summed E-state index contributed by atoms with van der Waals surface area (Å²) in [7, 11) is 2.16. The standard InChI is InChI=1S/C13H20N2OS.C2H6/c1-10-7-12(9-17-10)13(16)14-8-11-3-5-15(2)6-4-11;1-2/h7,9,11H,3-6,8H2,1-2H3,(H,14,16);1-2H3. The molecule has 19 heavy (non-hydrogen) atoms. The molecule has 0 bridgehead atoms. The lowest BCUT2D eigenvalue weighted by atomic mass is 9.97. The van der Waals surface area contributed by atoms with Crippen LogP contribution in [-0.4, -0.2) is 37.5 Å². The largest absolute Gasteiger partial charge is 0.352 e. The normalized spacial score (nSPS) is 16.6. The minimum Gasteiger partial charge on any atom is -0.352 e. The first-order valence-electron chi connectivity index (χ1n) is 7.17. The number of rotatable bonds is 3. The van der Waals surface area contributed by atoms with E-state index in [9.17, 15) is 4.79 Å². The molecule has 1 fully saturated rings. The van der Waals surface area contributed by atoms with Gasteiger partial charge in [-0.05, 0) is 51.9 Å². The molecule has 2 heterocycles. The second-order valence-corrected chi connectivity index (χ2v) is 6.02. The Morgan fingerprint density at radius 3 is 2.58 bits per heavy atom. The van der Waals surface area contributed by atoms with Gasteiger partial charge in [-0.2, -0.15) is 0 Å².